The molecule has 0 fully saturated rings. The van der Waals surface area contributed by atoms with Gasteiger partial charge >= 0.3 is 7.48 Å². The largest absolute Gasteiger partial charge is 0.456 e. The molecule has 0 atom stereocenters. The molecule has 0 bridgehead atoms. The lowest BCUT2D eigenvalue weighted by Gasteiger charge is -2.04. The molecule has 0 spiro atoms. The van der Waals surface area contributed by atoms with Gasteiger partial charge in [-0.1, -0.05) is 109 Å². The maximum absolute atomic E-state index is 9.79. The van der Waals surface area contributed by atoms with E-state index >= 15 is 0 Å². The van der Waals surface area contributed by atoms with Gasteiger partial charge in [0.15, 0.2) is 0 Å². The Balaban J connectivity index is 1.33. The van der Waals surface area contributed by atoms with Crippen LogP contribution in [-0.2, 0) is 0 Å². The first-order valence-electron chi connectivity index (χ1n) is 13.6. The summed E-state index contributed by atoms with van der Waals surface area (Å²) in [6.07, 6.45) is 0. The average molecular weight is 527 g/mol. The molecule has 0 saturated heterocycles. The van der Waals surface area contributed by atoms with E-state index in [0.717, 1.165) is 90.0 Å². The molecule has 1 N–H and O–H groups in total. The minimum atomic E-state index is 0.649. The Morgan fingerprint density at radius 2 is 0.756 bits per heavy atom. The van der Waals surface area contributed by atoms with Crippen LogP contribution in [0.1, 0.15) is 0 Å². The number of hydrogen-bond donors (Lipinski definition) is 1. The zero-order valence-electron chi connectivity index (χ0n) is 21.7. The Hall–Kier alpha value is -5.26. The van der Waals surface area contributed by atoms with Gasteiger partial charge in [-0.2, -0.15) is 0 Å². The van der Waals surface area contributed by atoms with Crippen LogP contribution in [0.15, 0.2) is 129 Å². The van der Waals surface area contributed by atoms with Gasteiger partial charge in [-0.3, -0.25) is 0 Å². The van der Waals surface area contributed by atoms with Crippen molar-refractivity contribution in [2.75, 3.05) is 0 Å². The zero-order valence-corrected chi connectivity index (χ0v) is 21.7. The van der Waals surface area contributed by atoms with E-state index in [9.17, 15) is 5.02 Å². The van der Waals surface area contributed by atoms with E-state index < -0.39 is 0 Å². The standard InChI is InChI=1S/C36H20BO4/c38-37-30-18-7-17-29-28-16-6-15-27(35(28)41-36(29)30)26-14-5-13-25-24-12-4-11-23(33(24)40-34(25)26)22-10-3-9-21-20-8-1-2-19-31(20)39-32(21)22/h1-19,38H. The Bertz CT molecular complexity index is 2480. The summed E-state index contributed by atoms with van der Waals surface area (Å²) in [6.45, 7) is 0. The van der Waals surface area contributed by atoms with E-state index in [0.29, 0.717) is 11.0 Å². The first-order chi connectivity index (χ1) is 20.3. The van der Waals surface area contributed by atoms with Crippen LogP contribution in [0.3, 0.4) is 0 Å². The minimum absolute atomic E-state index is 0.649. The molecular weight excluding hydrogens is 507 g/mol. The highest BCUT2D eigenvalue weighted by Crippen LogP contribution is 2.44. The fourth-order valence-electron chi connectivity index (χ4n) is 6.36. The van der Waals surface area contributed by atoms with Crippen LogP contribution in [0.2, 0.25) is 0 Å². The molecule has 6 aromatic carbocycles. The van der Waals surface area contributed by atoms with Crippen molar-refractivity contribution in [3.8, 4) is 22.3 Å². The smallest absolute Gasteiger partial charge is 0.330 e. The van der Waals surface area contributed by atoms with Crippen molar-refractivity contribution >= 4 is 78.8 Å². The quantitative estimate of drug-likeness (QED) is 0.233. The van der Waals surface area contributed by atoms with Crippen LogP contribution in [-0.4, -0.2) is 12.5 Å². The SMILES string of the molecule is O[B]c1cccc2c1oc1c(-c3cccc4c3oc3c(-c5cccc6c5oc5ccccc56)cccc34)cccc12. The first kappa shape index (κ1) is 22.5. The van der Waals surface area contributed by atoms with E-state index in [1.165, 1.54) is 0 Å². The van der Waals surface area contributed by atoms with Crippen LogP contribution in [0.25, 0.3) is 88.1 Å². The van der Waals surface area contributed by atoms with Gasteiger partial charge in [-0.15, -0.1) is 0 Å². The van der Waals surface area contributed by atoms with E-state index in [2.05, 4.69) is 72.8 Å². The van der Waals surface area contributed by atoms with Crippen molar-refractivity contribution in [3.63, 3.8) is 0 Å². The Kier molecular flexibility index (Phi) is 4.60. The van der Waals surface area contributed by atoms with Crippen LogP contribution < -0.4 is 5.46 Å². The molecule has 3 heterocycles. The van der Waals surface area contributed by atoms with E-state index in [1.807, 2.05) is 42.5 Å². The molecule has 3 aromatic heterocycles. The van der Waals surface area contributed by atoms with Crippen molar-refractivity contribution in [1.82, 2.24) is 0 Å². The van der Waals surface area contributed by atoms with Crippen LogP contribution in [0.4, 0.5) is 0 Å². The lowest BCUT2D eigenvalue weighted by molar-refractivity contribution is 0.613. The minimum Gasteiger partial charge on any atom is -0.456 e. The van der Waals surface area contributed by atoms with Gasteiger partial charge in [0.25, 0.3) is 0 Å². The summed E-state index contributed by atoms with van der Waals surface area (Å²) in [4.78, 5) is 0. The second-order valence-corrected chi connectivity index (χ2v) is 10.4. The Morgan fingerprint density at radius 3 is 1.29 bits per heavy atom. The second-order valence-electron chi connectivity index (χ2n) is 10.4. The van der Waals surface area contributed by atoms with Crippen molar-refractivity contribution < 1.29 is 18.3 Å². The molecule has 0 amide bonds. The number of para-hydroxylation sites is 6. The third-order valence-electron chi connectivity index (χ3n) is 8.20. The van der Waals surface area contributed by atoms with Crippen molar-refractivity contribution in [2.24, 2.45) is 0 Å². The molecule has 0 saturated carbocycles. The fourth-order valence-corrected chi connectivity index (χ4v) is 6.36. The molecule has 9 aromatic rings. The van der Waals surface area contributed by atoms with Gasteiger partial charge in [0.1, 0.15) is 33.5 Å². The lowest BCUT2D eigenvalue weighted by atomic mass is 9.87. The summed E-state index contributed by atoms with van der Waals surface area (Å²) in [5, 5.41) is 16.0. The summed E-state index contributed by atoms with van der Waals surface area (Å²) >= 11 is 0. The van der Waals surface area contributed by atoms with Gasteiger partial charge in [0, 0.05) is 54.6 Å². The molecular formula is C36H20BO4. The Morgan fingerprint density at radius 1 is 0.366 bits per heavy atom. The summed E-state index contributed by atoms with van der Waals surface area (Å²) in [6, 6.07) is 38.9. The number of fused-ring (bicyclic) bond motifs is 9. The first-order valence-corrected chi connectivity index (χ1v) is 13.6. The molecule has 1 radical (unpaired) electrons. The van der Waals surface area contributed by atoms with Gasteiger partial charge in [-0.25, -0.2) is 0 Å². The molecule has 5 heteroatoms. The monoisotopic (exact) mass is 527 g/mol. The topological polar surface area (TPSA) is 59.7 Å². The van der Waals surface area contributed by atoms with E-state index in [-0.39, 0.29) is 0 Å². The molecule has 4 nitrogen and oxygen atoms in total. The highest BCUT2D eigenvalue weighted by Gasteiger charge is 2.21. The molecule has 0 unspecified atom stereocenters. The molecule has 41 heavy (non-hydrogen) atoms. The normalized spacial score (nSPS) is 12.0. The summed E-state index contributed by atoms with van der Waals surface area (Å²) < 4.78 is 19.6. The number of rotatable bonds is 3. The maximum Gasteiger partial charge on any atom is 0.330 e. The summed E-state index contributed by atoms with van der Waals surface area (Å²) in [5.74, 6) is 0. The van der Waals surface area contributed by atoms with Gasteiger partial charge < -0.3 is 18.3 Å². The zero-order chi connectivity index (χ0) is 27.1. The number of benzene rings is 6. The van der Waals surface area contributed by atoms with Crippen molar-refractivity contribution in [1.29, 1.82) is 0 Å². The Labute approximate surface area is 234 Å². The molecule has 0 aliphatic heterocycles. The fraction of sp³-hybridized carbons (Fsp3) is 0. The van der Waals surface area contributed by atoms with Crippen molar-refractivity contribution in [3.05, 3.63) is 115 Å². The van der Waals surface area contributed by atoms with Gasteiger partial charge in [0.2, 0.25) is 0 Å². The molecule has 0 aliphatic carbocycles. The van der Waals surface area contributed by atoms with E-state index in [1.54, 1.807) is 0 Å². The number of furan rings is 3. The molecule has 0 aliphatic rings. The predicted octanol–water partition coefficient (Wildman–Crippen LogP) is 8.96. The third-order valence-corrected chi connectivity index (χ3v) is 8.20. The number of hydrogen-bond acceptors (Lipinski definition) is 4. The second kappa shape index (κ2) is 8.37. The molecule has 9 rings (SSSR count). The van der Waals surface area contributed by atoms with E-state index in [4.69, 9.17) is 13.3 Å². The van der Waals surface area contributed by atoms with Gasteiger partial charge in [-0.05, 0) is 11.5 Å². The lowest BCUT2D eigenvalue weighted by Crippen LogP contribution is -2.12. The van der Waals surface area contributed by atoms with Crippen LogP contribution in [0, 0.1) is 0 Å². The van der Waals surface area contributed by atoms with Crippen LogP contribution >= 0.6 is 0 Å². The maximum atomic E-state index is 9.79. The highest BCUT2D eigenvalue weighted by atomic mass is 16.3. The van der Waals surface area contributed by atoms with Gasteiger partial charge in [0.05, 0.1) is 0 Å². The highest BCUT2D eigenvalue weighted by molar-refractivity contribution is 6.50. The average Bonchev–Trinajstić information content (AvgIpc) is 3.72. The third kappa shape index (κ3) is 3.09. The predicted molar refractivity (Wildman–Crippen MR) is 167 cm³/mol. The molecule has 191 valence electrons. The van der Waals surface area contributed by atoms with Crippen molar-refractivity contribution in [2.45, 2.75) is 0 Å². The summed E-state index contributed by atoms with van der Waals surface area (Å²) in [5.41, 5.74) is 9.28. The summed E-state index contributed by atoms with van der Waals surface area (Å²) in [7, 11) is 1.09. The van der Waals surface area contributed by atoms with Crippen LogP contribution in [0.5, 0.6) is 0 Å².